The molecule has 1 unspecified atom stereocenters. The fraction of sp³-hybridized carbons (Fsp3) is 0.857. The van der Waals surface area contributed by atoms with Gasteiger partial charge in [-0.1, -0.05) is 25.1 Å². The van der Waals surface area contributed by atoms with Crippen LogP contribution in [0.2, 0.25) is 0 Å². The minimum absolute atomic E-state index is 0.0793. The van der Waals surface area contributed by atoms with Crippen molar-refractivity contribution in [2.75, 3.05) is 6.26 Å². The molecule has 6 heteroatoms. The Morgan fingerprint density at radius 2 is 1.69 bits per heavy atom. The molecule has 0 aromatic rings. The Balaban J connectivity index is 4.03. The largest absolute Gasteiger partial charge is 0.346 e. The highest BCUT2D eigenvalue weighted by Gasteiger charge is 2.20. The average Bonchev–Trinajstić information content (AvgIpc) is 1.97. The van der Waals surface area contributed by atoms with Gasteiger partial charge in [0.1, 0.15) is 0 Å². The van der Waals surface area contributed by atoms with E-state index < -0.39 is 16.1 Å². The topological polar surface area (TPSA) is 69.7 Å². The average molecular weight is 210 g/mol. The van der Waals surface area contributed by atoms with Crippen molar-refractivity contribution < 1.29 is 22.4 Å². The van der Waals surface area contributed by atoms with Crippen molar-refractivity contribution in [3.63, 3.8) is 0 Å². The Hall–Kier alpha value is -0.620. The van der Waals surface area contributed by atoms with E-state index in [2.05, 4.69) is 9.22 Å². The molecule has 0 aromatic heterocycles. The molecule has 0 radical (unpaired) electrons. The van der Waals surface area contributed by atoms with Crippen LogP contribution >= 0.6 is 0 Å². The van der Waals surface area contributed by atoms with Crippen molar-refractivity contribution in [3.8, 4) is 0 Å². The lowest BCUT2D eigenvalue weighted by Crippen LogP contribution is -2.21. The number of hydrogen-bond acceptors (Lipinski definition) is 5. The third-order valence-electron chi connectivity index (χ3n) is 1.61. The van der Waals surface area contributed by atoms with E-state index >= 15 is 0 Å². The number of carbonyl (C=O) groups is 1. The maximum absolute atomic E-state index is 11.0. The molecule has 0 saturated carbocycles. The second-order valence-electron chi connectivity index (χ2n) is 3.21. The zero-order valence-electron chi connectivity index (χ0n) is 8.10. The van der Waals surface area contributed by atoms with Crippen molar-refractivity contribution in [2.24, 2.45) is 11.8 Å². The summed E-state index contributed by atoms with van der Waals surface area (Å²) in [5.41, 5.74) is 0. The fourth-order valence-electron chi connectivity index (χ4n) is 0.443. The predicted octanol–water partition coefficient (Wildman–Crippen LogP) is 0.713. The summed E-state index contributed by atoms with van der Waals surface area (Å²) < 4.78 is 24.7. The van der Waals surface area contributed by atoms with E-state index in [4.69, 9.17) is 0 Å². The summed E-state index contributed by atoms with van der Waals surface area (Å²) in [6.45, 7) is 5.29. The minimum Gasteiger partial charge on any atom is -0.281 e. The predicted molar refractivity (Wildman–Crippen MR) is 46.0 cm³/mol. The lowest BCUT2D eigenvalue weighted by Gasteiger charge is -2.11. The molecule has 0 aliphatic heterocycles. The molecule has 0 fully saturated rings. The SMILES string of the molecule is CC(C)C(C)C(=O)OOS(C)(=O)=O. The lowest BCUT2D eigenvalue weighted by molar-refractivity contribution is -0.216. The summed E-state index contributed by atoms with van der Waals surface area (Å²) in [4.78, 5) is 15.1. The quantitative estimate of drug-likeness (QED) is 0.505. The molecule has 0 bridgehead atoms. The van der Waals surface area contributed by atoms with Gasteiger partial charge < -0.3 is 0 Å². The maximum atomic E-state index is 11.0. The Kier molecular flexibility index (Phi) is 4.35. The molecule has 78 valence electrons. The van der Waals surface area contributed by atoms with Crippen molar-refractivity contribution in [1.82, 2.24) is 0 Å². The molecule has 0 spiro atoms. The zero-order chi connectivity index (χ0) is 10.6. The minimum atomic E-state index is -3.72. The van der Waals surface area contributed by atoms with Crippen molar-refractivity contribution in [3.05, 3.63) is 0 Å². The van der Waals surface area contributed by atoms with Crippen LogP contribution in [0.4, 0.5) is 0 Å². The molecule has 0 rings (SSSR count). The molecular weight excluding hydrogens is 196 g/mol. The third kappa shape index (κ3) is 5.59. The van der Waals surface area contributed by atoms with Gasteiger partial charge in [-0.05, 0) is 5.92 Å². The monoisotopic (exact) mass is 210 g/mol. The molecule has 0 heterocycles. The first-order valence-corrected chi connectivity index (χ1v) is 5.65. The molecular formula is C7H14O5S. The van der Waals surface area contributed by atoms with Crippen molar-refractivity contribution in [1.29, 1.82) is 0 Å². The van der Waals surface area contributed by atoms with Gasteiger partial charge in [-0.25, -0.2) is 4.79 Å². The molecule has 0 aliphatic carbocycles. The van der Waals surface area contributed by atoms with Gasteiger partial charge in [0, 0.05) is 0 Å². The van der Waals surface area contributed by atoms with E-state index in [1.807, 2.05) is 13.8 Å². The van der Waals surface area contributed by atoms with Gasteiger partial charge in [0.2, 0.25) is 0 Å². The summed E-state index contributed by atoms with van der Waals surface area (Å²) in [6, 6.07) is 0. The third-order valence-corrected chi connectivity index (χ3v) is 1.93. The van der Waals surface area contributed by atoms with Gasteiger partial charge >= 0.3 is 5.97 Å². The molecule has 0 N–H and O–H groups in total. The highest BCUT2D eigenvalue weighted by molar-refractivity contribution is 7.85. The Morgan fingerprint density at radius 3 is 2.00 bits per heavy atom. The Morgan fingerprint density at radius 1 is 1.23 bits per heavy atom. The van der Waals surface area contributed by atoms with E-state index in [1.54, 1.807) is 6.92 Å². The van der Waals surface area contributed by atoms with Gasteiger partial charge in [-0.2, -0.15) is 8.42 Å². The van der Waals surface area contributed by atoms with Gasteiger partial charge in [0.15, 0.2) is 0 Å². The Labute approximate surface area is 78.1 Å². The van der Waals surface area contributed by atoms with Gasteiger partial charge in [-0.15, -0.1) is 0 Å². The van der Waals surface area contributed by atoms with Gasteiger partial charge in [0.25, 0.3) is 10.1 Å². The lowest BCUT2D eigenvalue weighted by atomic mass is 9.99. The van der Waals surface area contributed by atoms with Crippen LogP contribution < -0.4 is 0 Å². The second-order valence-corrected chi connectivity index (χ2v) is 4.75. The van der Waals surface area contributed by atoms with E-state index in [1.165, 1.54) is 0 Å². The molecule has 0 saturated heterocycles. The highest BCUT2D eigenvalue weighted by Crippen LogP contribution is 2.11. The van der Waals surface area contributed by atoms with Crippen LogP contribution in [0.1, 0.15) is 20.8 Å². The maximum Gasteiger partial charge on any atom is 0.346 e. The first-order chi connectivity index (χ1) is 5.74. The molecule has 0 aliphatic rings. The highest BCUT2D eigenvalue weighted by atomic mass is 32.2. The summed E-state index contributed by atoms with van der Waals surface area (Å²) in [5, 5.41) is 0. The standard InChI is InChI=1S/C7H14O5S/c1-5(2)6(3)7(8)11-12-13(4,9)10/h5-6H,1-4H3. The molecule has 5 nitrogen and oxygen atoms in total. The summed E-state index contributed by atoms with van der Waals surface area (Å²) >= 11 is 0. The zero-order valence-corrected chi connectivity index (χ0v) is 8.92. The van der Waals surface area contributed by atoms with Crippen LogP contribution in [0.15, 0.2) is 0 Å². The summed E-state index contributed by atoms with van der Waals surface area (Å²) in [5.74, 6) is -0.988. The van der Waals surface area contributed by atoms with Crippen LogP contribution in [0, 0.1) is 11.8 Å². The summed E-state index contributed by atoms with van der Waals surface area (Å²) in [7, 11) is -3.72. The van der Waals surface area contributed by atoms with Crippen molar-refractivity contribution in [2.45, 2.75) is 20.8 Å². The number of carbonyl (C=O) groups excluding carboxylic acids is 1. The van der Waals surface area contributed by atoms with Crippen molar-refractivity contribution >= 4 is 16.1 Å². The number of rotatable bonds is 4. The van der Waals surface area contributed by atoms with Gasteiger partial charge in [-0.3, -0.25) is 4.89 Å². The molecule has 0 aromatic carbocycles. The Bertz CT molecular complexity index is 267. The number of hydrogen-bond donors (Lipinski definition) is 0. The normalized spacial score (nSPS) is 14.2. The van der Waals surface area contributed by atoms with Crippen LogP contribution in [0.25, 0.3) is 0 Å². The van der Waals surface area contributed by atoms with Gasteiger partial charge in [0.05, 0.1) is 12.2 Å². The van der Waals surface area contributed by atoms with Crippen LogP contribution in [0.5, 0.6) is 0 Å². The fourth-order valence-corrected chi connectivity index (χ4v) is 0.634. The molecule has 0 amide bonds. The second kappa shape index (κ2) is 4.57. The van der Waals surface area contributed by atoms with Crippen LogP contribution in [-0.4, -0.2) is 20.6 Å². The van der Waals surface area contributed by atoms with E-state index in [0.717, 1.165) is 6.26 Å². The first-order valence-electron chi connectivity index (χ1n) is 3.84. The van der Waals surface area contributed by atoms with E-state index in [-0.39, 0.29) is 11.8 Å². The summed E-state index contributed by atoms with van der Waals surface area (Å²) in [6.07, 6.45) is 0.806. The smallest absolute Gasteiger partial charge is 0.281 e. The van der Waals surface area contributed by atoms with Crippen LogP contribution in [0.3, 0.4) is 0 Å². The molecule has 13 heavy (non-hydrogen) atoms. The van der Waals surface area contributed by atoms with E-state index in [9.17, 15) is 13.2 Å². The van der Waals surface area contributed by atoms with Crippen LogP contribution in [-0.2, 0) is 24.1 Å². The van der Waals surface area contributed by atoms with E-state index in [0.29, 0.717) is 0 Å². The molecule has 1 atom stereocenters. The first kappa shape index (κ1) is 12.4.